The Balaban J connectivity index is 2.08. The molecule has 0 bridgehead atoms. The van der Waals surface area contributed by atoms with E-state index >= 15 is 0 Å². The highest BCUT2D eigenvalue weighted by atomic mass is 19.1. The molecule has 1 unspecified atom stereocenters. The largest absolute Gasteiger partial charge is 0.310 e. The Hall–Kier alpha value is -1.74. The van der Waals surface area contributed by atoms with E-state index in [1.54, 1.807) is 12.3 Å². The van der Waals surface area contributed by atoms with Crippen molar-refractivity contribution in [3.63, 3.8) is 0 Å². The first kappa shape index (κ1) is 15.6. The molecule has 1 N–H and O–H groups in total. The first-order chi connectivity index (χ1) is 10.2. The molecule has 1 aromatic carbocycles. The van der Waals surface area contributed by atoms with E-state index in [1.807, 2.05) is 0 Å². The van der Waals surface area contributed by atoms with E-state index in [-0.39, 0.29) is 11.9 Å². The lowest BCUT2D eigenvalue weighted by atomic mass is 9.98. The predicted molar refractivity (Wildman–Crippen MR) is 84.7 cm³/mol. The van der Waals surface area contributed by atoms with E-state index in [1.165, 1.54) is 17.3 Å². The van der Waals surface area contributed by atoms with Crippen LogP contribution in [0.1, 0.15) is 42.5 Å². The molecular formula is C18H23FN2. The molecule has 0 aliphatic rings. The fraction of sp³-hybridized carbons (Fsp3) is 0.389. The maximum absolute atomic E-state index is 14.0. The van der Waals surface area contributed by atoms with Crippen molar-refractivity contribution in [2.24, 2.45) is 0 Å². The van der Waals surface area contributed by atoms with Gasteiger partial charge < -0.3 is 5.32 Å². The van der Waals surface area contributed by atoms with Gasteiger partial charge in [0.15, 0.2) is 0 Å². The Morgan fingerprint density at radius 3 is 2.86 bits per heavy atom. The number of aryl methyl sites for hydroxylation is 2. The number of halogens is 1. The highest BCUT2D eigenvalue weighted by Gasteiger charge is 2.15. The number of pyridine rings is 1. The minimum Gasteiger partial charge on any atom is -0.310 e. The smallest absolute Gasteiger partial charge is 0.146 e. The van der Waals surface area contributed by atoms with Gasteiger partial charge in [0, 0.05) is 17.8 Å². The molecule has 0 aliphatic carbocycles. The van der Waals surface area contributed by atoms with Crippen LogP contribution in [0.3, 0.4) is 0 Å². The van der Waals surface area contributed by atoms with Crippen molar-refractivity contribution >= 4 is 0 Å². The van der Waals surface area contributed by atoms with E-state index in [9.17, 15) is 4.39 Å². The second-order valence-corrected chi connectivity index (χ2v) is 5.43. The first-order valence-corrected chi connectivity index (χ1v) is 7.59. The summed E-state index contributed by atoms with van der Waals surface area (Å²) in [4.78, 5) is 3.83. The van der Waals surface area contributed by atoms with Crippen molar-refractivity contribution < 1.29 is 4.39 Å². The number of nitrogens with zero attached hydrogens (tertiary/aromatic N) is 1. The van der Waals surface area contributed by atoms with Crippen LogP contribution in [-0.2, 0) is 6.42 Å². The van der Waals surface area contributed by atoms with Crippen LogP contribution >= 0.6 is 0 Å². The molecule has 112 valence electrons. The van der Waals surface area contributed by atoms with Crippen LogP contribution in [0.5, 0.6) is 0 Å². The predicted octanol–water partition coefficient (Wildman–Crippen LogP) is 4.20. The summed E-state index contributed by atoms with van der Waals surface area (Å²) in [7, 11) is 0. The Morgan fingerprint density at radius 2 is 2.14 bits per heavy atom. The number of aromatic nitrogens is 1. The molecule has 1 atom stereocenters. The fourth-order valence-electron chi connectivity index (χ4n) is 2.53. The summed E-state index contributed by atoms with van der Waals surface area (Å²) in [6.07, 6.45) is 5.80. The molecule has 0 amide bonds. The second-order valence-electron chi connectivity index (χ2n) is 5.43. The Bertz CT molecular complexity index is 569. The van der Waals surface area contributed by atoms with Gasteiger partial charge in [-0.3, -0.25) is 4.98 Å². The van der Waals surface area contributed by atoms with Crippen LogP contribution in [-0.4, -0.2) is 11.5 Å². The summed E-state index contributed by atoms with van der Waals surface area (Å²) in [5.74, 6) is -0.227. The zero-order valence-electron chi connectivity index (χ0n) is 12.8. The van der Waals surface area contributed by atoms with Gasteiger partial charge in [-0.2, -0.15) is 0 Å². The summed E-state index contributed by atoms with van der Waals surface area (Å²) >= 11 is 0. The zero-order chi connectivity index (χ0) is 15.1. The summed E-state index contributed by atoms with van der Waals surface area (Å²) < 4.78 is 14.0. The van der Waals surface area contributed by atoms with Crippen LogP contribution in [0.15, 0.2) is 42.7 Å². The number of rotatable bonds is 7. The van der Waals surface area contributed by atoms with Gasteiger partial charge >= 0.3 is 0 Å². The van der Waals surface area contributed by atoms with Crippen LogP contribution in [0.25, 0.3) is 0 Å². The lowest BCUT2D eigenvalue weighted by molar-refractivity contribution is 0.472. The quantitative estimate of drug-likeness (QED) is 0.825. The van der Waals surface area contributed by atoms with Crippen molar-refractivity contribution in [2.45, 2.75) is 39.2 Å². The molecule has 2 nitrogen and oxygen atoms in total. The second kappa shape index (κ2) is 7.89. The first-order valence-electron chi connectivity index (χ1n) is 7.59. The standard InChI is InChI=1S/C18H23FN2/c1-3-10-21-18(16-9-11-20-13-17(16)19)8-7-15-6-4-5-14(2)12-15/h4-6,9,11-13,18,21H,3,7-8,10H2,1-2H3. The minimum absolute atomic E-state index is 0.0356. The average molecular weight is 286 g/mol. The summed E-state index contributed by atoms with van der Waals surface area (Å²) in [5.41, 5.74) is 3.28. The van der Waals surface area contributed by atoms with Crippen molar-refractivity contribution in [3.05, 3.63) is 65.2 Å². The van der Waals surface area contributed by atoms with Gasteiger partial charge in [-0.15, -0.1) is 0 Å². The Morgan fingerprint density at radius 1 is 1.29 bits per heavy atom. The number of hydrogen-bond donors (Lipinski definition) is 1. The SMILES string of the molecule is CCCNC(CCc1cccc(C)c1)c1ccncc1F. The molecule has 0 aliphatic heterocycles. The summed E-state index contributed by atoms with van der Waals surface area (Å²) in [6, 6.07) is 10.3. The van der Waals surface area contributed by atoms with E-state index in [0.29, 0.717) is 5.56 Å². The van der Waals surface area contributed by atoms with Crippen molar-refractivity contribution in [1.29, 1.82) is 0 Å². The third-order valence-electron chi connectivity index (χ3n) is 3.62. The zero-order valence-corrected chi connectivity index (χ0v) is 12.8. The van der Waals surface area contributed by atoms with Gasteiger partial charge in [-0.1, -0.05) is 36.8 Å². The molecule has 0 saturated heterocycles. The van der Waals surface area contributed by atoms with E-state index in [0.717, 1.165) is 25.8 Å². The van der Waals surface area contributed by atoms with Gasteiger partial charge in [0.2, 0.25) is 0 Å². The molecule has 3 heteroatoms. The number of nitrogens with one attached hydrogen (secondary N) is 1. The van der Waals surface area contributed by atoms with Gasteiger partial charge in [0.05, 0.1) is 6.20 Å². The third kappa shape index (κ3) is 4.64. The fourth-order valence-corrected chi connectivity index (χ4v) is 2.53. The maximum atomic E-state index is 14.0. The molecule has 2 rings (SSSR count). The van der Waals surface area contributed by atoms with Gasteiger partial charge in [-0.25, -0.2) is 4.39 Å². The summed E-state index contributed by atoms with van der Waals surface area (Å²) in [5, 5.41) is 3.44. The van der Waals surface area contributed by atoms with Gasteiger partial charge in [0.25, 0.3) is 0 Å². The lowest BCUT2D eigenvalue weighted by Gasteiger charge is -2.19. The maximum Gasteiger partial charge on any atom is 0.146 e. The monoisotopic (exact) mass is 286 g/mol. The number of benzene rings is 1. The minimum atomic E-state index is -0.227. The average Bonchev–Trinajstić information content (AvgIpc) is 2.48. The van der Waals surface area contributed by atoms with Crippen molar-refractivity contribution in [2.75, 3.05) is 6.54 Å². The molecule has 0 radical (unpaired) electrons. The van der Waals surface area contributed by atoms with E-state index in [4.69, 9.17) is 0 Å². The van der Waals surface area contributed by atoms with E-state index in [2.05, 4.69) is 48.4 Å². The summed E-state index contributed by atoms with van der Waals surface area (Å²) in [6.45, 7) is 5.10. The van der Waals surface area contributed by atoms with Crippen molar-refractivity contribution in [1.82, 2.24) is 10.3 Å². The topological polar surface area (TPSA) is 24.9 Å². The third-order valence-corrected chi connectivity index (χ3v) is 3.62. The van der Waals surface area contributed by atoms with Crippen molar-refractivity contribution in [3.8, 4) is 0 Å². The number of hydrogen-bond acceptors (Lipinski definition) is 2. The molecule has 1 heterocycles. The highest BCUT2D eigenvalue weighted by molar-refractivity contribution is 5.23. The molecule has 0 saturated carbocycles. The molecule has 1 aromatic heterocycles. The van der Waals surface area contributed by atoms with Crippen LogP contribution in [0.4, 0.5) is 4.39 Å². The molecular weight excluding hydrogens is 263 g/mol. The van der Waals surface area contributed by atoms with E-state index < -0.39 is 0 Å². The molecule has 0 fully saturated rings. The molecule has 21 heavy (non-hydrogen) atoms. The van der Waals surface area contributed by atoms with Crippen LogP contribution in [0, 0.1) is 12.7 Å². The Kier molecular flexibility index (Phi) is 5.88. The van der Waals surface area contributed by atoms with Gasteiger partial charge in [0.1, 0.15) is 5.82 Å². The van der Waals surface area contributed by atoms with Crippen LogP contribution < -0.4 is 5.32 Å². The normalized spacial score (nSPS) is 12.3. The van der Waals surface area contributed by atoms with Crippen LogP contribution in [0.2, 0.25) is 0 Å². The lowest BCUT2D eigenvalue weighted by Crippen LogP contribution is -2.23. The highest BCUT2D eigenvalue weighted by Crippen LogP contribution is 2.21. The Labute approximate surface area is 126 Å². The van der Waals surface area contributed by atoms with Gasteiger partial charge in [-0.05, 0) is 44.4 Å². The molecule has 0 spiro atoms. The molecule has 2 aromatic rings.